The SMILES string of the molecule is Fc1ccc(-c2[nH]ncc2CN2CC[C@@H]2c2ccc(F)cc2)cc1. The van der Waals surface area contributed by atoms with Gasteiger partial charge >= 0.3 is 0 Å². The first-order chi connectivity index (χ1) is 11.7. The van der Waals surface area contributed by atoms with Crippen molar-refractivity contribution >= 4 is 0 Å². The Morgan fingerprint density at radius 2 is 1.67 bits per heavy atom. The first kappa shape index (κ1) is 15.0. The molecule has 0 amide bonds. The molecular weight excluding hydrogens is 308 g/mol. The second-order valence-corrected chi connectivity index (χ2v) is 6.10. The maximum Gasteiger partial charge on any atom is 0.123 e. The first-order valence-electron chi connectivity index (χ1n) is 7.98. The third-order valence-corrected chi connectivity index (χ3v) is 4.61. The second-order valence-electron chi connectivity index (χ2n) is 6.10. The zero-order valence-electron chi connectivity index (χ0n) is 13.0. The molecule has 1 aliphatic heterocycles. The number of hydrogen-bond donors (Lipinski definition) is 1. The van der Waals surface area contributed by atoms with Gasteiger partial charge in [0.1, 0.15) is 11.6 Å². The van der Waals surface area contributed by atoms with E-state index in [-0.39, 0.29) is 11.6 Å². The van der Waals surface area contributed by atoms with Crippen LogP contribution in [0.3, 0.4) is 0 Å². The molecule has 0 aliphatic carbocycles. The number of nitrogens with zero attached hydrogens (tertiary/aromatic N) is 2. The van der Waals surface area contributed by atoms with Crippen LogP contribution in [0.25, 0.3) is 11.3 Å². The highest BCUT2D eigenvalue weighted by Gasteiger charge is 2.30. The van der Waals surface area contributed by atoms with Gasteiger partial charge in [-0.2, -0.15) is 5.10 Å². The molecule has 0 bridgehead atoms. The van der Waals surface area contributed by atoms with Crippen LogP contribution in [0.5, 0.6) is 0 Å². The maximum absolute atomic E-state index is 13.1. The van der Waals surface area contributed by atoms with Crippen LogP contribution in [0.15, 0.2) is 54.7 Å². The Hall–Kier alpha value is -2.53. The number of likely N-dealkylation sites (tertiary alicyclic amines) is 1. The second kappa shape index (κ2) is 6.17. The van der Waals surface area contributed by atoms with Gasteiger partial charge in [0.05, 0.1) is 11.9 Å². The van der Waals surface area contributed by atoms with E-state index >= 15 is 0 Å². The predicted molar refractivity (Wildman–Crippen MR) is 88.1 cm³/mol. The summed E-state index contributed by atoms with van der Waals surface area (Å²) < 4.78 is 26.2. The lowest BCUT2D eigenvalue weighted by Crippen LogP contribution is -2.40. The lowest BCUT2D eigenvalue weighted by molar-refractivity contribution is 0.0820. The molecule has 122 valence electrons. The highest BCUT2D eigenvalue weighted by Crippen LogP contribution is 2.35. The fourth-order valence-corrected chi connectivity index (χ4v) is 3.21. The number of hydrogen-bond acceptors (Lipinski definition) is 2. The maximum atomic E-state index is 13.1. The molecule has 0 spiro atoms. The lowest BCUT2D eigenvalue weighted by Gasteiger charge is -2.41. The van der Waals surface area contributed by atoms with E-state index in [9.17, 15) is 8.78 Å². The molecule has 0 saturated carbocycles. The van der Waals surface area contributed by atoms with Crippen LogP contribution in [-0.2, 0) is 6.54 Å². The molecule has 1 aromatic heterocycles. The van der Waals surface area contributed by atoms with Crippen molar-refractivity contribution in [1.82, 2.24) is 15.1 Å². The van der Waals surface area contributed by atoms with E-state index < -0.39 is 0 Å². The minimum absolute atomic E-state index is 0.210. The number of H-pyrrole nitrogens is 1. The summed E-state index contributed by atoms with van der Waals surface area (Å²) in [6.45, 7) is 1.75. The fraction of sp³-hybridized carbons (Fsp3) is 0.211. The summed E-state index contributed by atoms with van der Waals surface area (Å²) in [5, 5.41) is 7.16. The largest absolute Gasteiger partial charge is 0.292 e. The summed E-state index contributed by atoms with van der Waals surface area (Å²) in [6.07, 6.45) is 2.88. The third kappa shape index (κ3) is 2.83. The number of benzene rings is 2. The topological polar surface area (TPSA) is 31.9 Å². The van der Waals surface area contributed by atoms with E-state index in [1.165, 1.54) is 24.3 Å². The first-order valence-corrected chi connectivity index (χ1v) is 7.98. The smallest absolute Gasteiger partial charge is 0.123 e. The highest BCUT2D eigenvalue weighted by molar-refractivity contribution is 5.62. The molecule has 2 heterocycles. The van der Waals surface area contributed by atoms with Crippen molar-refractivity contribution in [2.75, 3.05) is 6.54 Å². The van der Waals surface area contributed by atoms with Gasteiger partial charge in [0.15, 0.2) is 0 Å². The Labute approximate surface area is 138 Å². The van der Waals surface area contributed by atoms with Gasteiger partial charge in [0.25, 0.3) is 0 Å². The van der Waals surface area contributed by atoms with Crippen LogP contribution in [0.2, 0.25) is 0 Å². The third-order valence-electron chi connectivity index (χ3n) is 4.61. The molecule has 24 heavy (non-hydrogen) atoms. The van der Waals surface area contributed by atoms with Crippen molar-refractivity contribution < 1.29 is 8.78 Å². The van der Waals surface area contributed by atoms with Crippen LogP contribution in [0.4, 0.5) is 8.78 Å². The number of nitrogens with one attached hydrogen (secondary N) is 1. The lowest BCUT2D eigenvalue weighted by atomic mass is 9.93. The number of rotatable bonds is 4. The zero-order valence-corrected chi connectivity index (χ0v) is 13.0. The summed E-state index contributed by atoms with van der Waals surface area (Å²) in [7, 11) is 0. The van der Waals surface area contributed by atoms with E-state index in [4.69, 9.17) is 0 Å². The number of halogens is 2. The van der Waals surface area contributed by atoms with Gasteiger partial charge in [-0.3, -0.25) is 10.00 Å². The summed E-state index contributed by atoms with van der Waals surface area (Å²) in [5.74, 6) is -0.461. The Morgan fingerprint density at radius 3 is 2.29 bits per heavy atom. The zero-order chi connectivity index (χ0) is 16.5. The molecule has 5 heteroatoms. The van der Waals surface area contributed by atoms with Crippen LogP contribution < -0.4 is 0 Å². The Kier molecular flexibility index (Phi) is 3.86. The molecule has 1 N–H and O–H groups in total. The van der Waals surface area contributed by atoms with Gasteiger partial charge in [0.2, 0.25) is 0 Å². The van der Waals surface area contributed by atoms with Gasteiger partial charge in [-0.05, 0) is 48.4 Å². The van der Waals surface area contributed by atoms with Crippen LogP contribution in [-0.4, -0.2) is 21.6 Å². The molecule has 1 fully saturated rings. The molecule has 4 rings (SSSR count). The molecule has 0 radical (unpaired) electrons. The summed E-state index contributed by atoms with van der Waals surface area (Å²) in [5.41, 5.74) is 4.05. The summed E-state index contributed by atoms with van der Waals surface area (Å²) in [4.78, 5) is 2.34. The van der Waals surface area contributed by atoms with Crippen molar-refractivity contribution in [3.8, 4) is 11.3 Å². The van der Waals surface area contributed by atoms with Gasteiger partial charge in [-0.1, -0.05) is 12.1 Å². The molecule has 3 aromatic rings. The Balaban J connectivity index is 1.53. The van der Waals surface area contributed by atoms with E-state index in [1.807, 2.05) is 18.3 Å². The Morgan fingerprint density at radius 1 is 1.00 bits per heavy atom. The normalized spacial score (nSPS) is 17.7. The summed E-state index contributed by atoms with van der Waals surface area (Å²) >= 11 is 0. The molecular formula is C19H17F2N3. The average molecular weight is 325 g/mol. The van der Waals surface area contributed by atoms with E-state index in [2.05, 4.69) is 15.1 Å². The molecule has 1 aliphatic rings. The minimum Gasteiger partial charge on any atom is -0.292 e. The molecule has 0 unspecified atom stereocenters. The predicted octanol–water partition coefficient (Wildman–Crippen LogP) is 4.30. The van der Waals surface area contributed by atoms with Gasteiger partial charge in [-0.15, -0.1) is 0 Å². The minimum atomic E-state index is -0.251. The number of aromatic nitrogens is 2. The van der Waals surface area contributed by atoms with Crippen LogP contribution in [0.1, 0.15) is 23.6 Å². The summed E-state index contributed by atoms with van der Waals surface area (Å²) in [6, 6.07) is 13.4. The van der Waals surface area contributed by atoms with E-state index in [0.717, 1.165) is 41.9 Å². The number of aromatic amines is 1. The van der Waals surface area contributed by atoms with Gasteiger partial charge in [-0.25, -0.2) is 8.78 Å². The molecule has 1 saturated heterocycles. The Bertz CT molecular complexity index is 825. The van der Waals surface area contributed by atoms with Gasteiger partial charge < -0.3 is 0 Å². The monoisotopic (exact) mass is 325 g/mol. The average Bonchev–Trinajstić information content (AvgIpc) is 3.03. The molecule has 3 nitrogen and oxygen atoms in total. The van der Waals surface area contributed by atoms with Crippen molar-refractivity contribution in [3.05, 3.63) is 77.5 Å². The van der Waals surface area contributed by atoms with Crippen LogP contribution >= 0.6 is 0 Å². The molecule has 1 atom stereocenters. The molecule has 2 aromatic carbocycles. The van der Waals surface area contributed by atoms with Crippen LogP contribution in [0, 0.1) is 11.6 Å². The van der Waals surface area contributed by atoms with Gasteiger partial charge in [0, 0.05) is 30.3 Å². The van der Waals surface area contributed by atoms with Crippen molar-refractivity contribution in [1.29, 1.82) is 0 Å². The fourth-order valence-electron chi connectivity index (χ4n) is 3.21. The highest BCUT2D eigenvalue weighted by atomic mass is 19.1. The van der Waals surface area contributed by atoms with Crippen molar-refractivity contribution in [2.45, 2.75) is 19.0 Å². The van der Waals surface area contributed by atoms with Crippen molar-refractivity contribution in [2.24, 2.45) is 0 Å². The van der Waals surface area contributed by atoms with Crippen molar-refractivity contribution in [3.63, 3.8) is 0 Å². The quantitative estimate of drug-likeness (QED) is 0.775. The standard InChI is InChI=1S/C19H17F2N3/c20-16-5-1-13(2-6-16)18-9-10-24(18)12-15-11-22-23-19(15)14-3-7-17(21)8-4-14/h1-8,11,18H,9-10,12H2,(H,22,23)/t18-/m1/s1. The van der Waals surface area contributed by atoms with E-state index in [0.29, 0.717) is 6.04 Å². The van der Waals surface area contributed by atoms with E-state index in [1.54, 1.807) is 12.1 Å².